The van der Waals surface area contributed by atoms with Crippen LogP contribution in [0.4, 0.5) is 5.69 Å². The number of hydrogen-bond donors (Lipinski definition) is 2. The lowest BCUT2D eigenvalue weighted by atomic mass is 10.1. The number of fused-ring (bicyclic) bond motifs is 1. The van der Waals surface area contributed by atoms with Crippen molar-refractivity contribution in [2.75, 3.05) is 12.4 Å². The number of aryl methyl sites for hydroxylation is 1. The Kier molecular flexibility index (Phi) is 5.68. The molecule has 0 radical (unpaired) electrons. The van der Waals surface area contributed by atoms with Gasteiger partial charge in [0.25, 0.3) is 11.8 Å². The maximum Gasteiger partial charge on any atom is 0.291 e. The van der Waals surface area contributed by atoms with E-state index in [1.54, 1.807) is 43.5 Å². The first-order valence-electron chi connectivity index (χ1n) is 9.23. The number of amides is 2. The van der Waals surface area contributed by atoms with E-state index < -0.39 is 5.91 Å². The number of benzene rings is 2. The summed E-state index contributed by atoms with van der Waals surface area (Å²) in [6, 6.07) is 12.3. The Morgan fingerprint density at radius 2 is 1.89 bits per heavy atom. The second kappa shape index (κ2) is 8.17. The van der Waals surface area contributed by atoms with Crippen molar-refractivity contribution < 1.29 is 18.7 Å². The highest BCUT2D eigenvalue weighted by atomic mass is 16.5. The Labute approximate surface area is 163 Å². The molecule has 0 aliphatic rings. The van der Waals surface area contributed by atoms with Gasteiger partial charge in [-0.1, -0.05) is 19.1 Å². The van der Waals surface area contributed by atoms with E-state index in [4.69, 9.17) is 9.15 Å². The number of para-hydroxylation sites is 1. The molecule has 146 valence electrons. The molecule has 0 fully saturated rings. The van der Waals surface area contributed by atoms with E-state index in [1.165, 1.54) is 0 Å². The van der Waals surface area contributed by atoms with Crippen LogP contribution in [-0.4, -0.2) is 25.0 Å². The van der Waals surface area contributed by atoms with E-state index >= 15 is 0 Å². The molecule has 1 heterocycles. The third kappa shape index (κ3) is 3.86. The van der Waals surface area contributed by atoms with Crippen molar-refractivity contribution in [2.24, 2.45) is 0 Å². The summed E-state index contributed by atoms with van der Waals surface area (Å²) in [6.07, 6.45) is 0.821. The molecule has 0 saturated heterocycles. The Morgan fingerprint density at radius 3 is 2.61 bits per heavy atom. The quantitative estimate of drug-likeness (QED) is 0.658. The molecule has 2 aromatic carbocycles. The summed E-state index contributed by atoms with van der Waals surface area (Å²) in [5.41, 5.74) is 2.16. The Hall–Kier alpha value is -3.28. The van der Waals surface area contributed by atoms with Crippen LogP contribution in [0.3, 0.4) is 0 Å². The molecule has 1 aromatic heterocycles. The van der Waals surface area contributed by atoms with E-state index in [1.807, 2.05) is 26.8 Å². The lowest BCUT2D eigenvalue weighted by molar-refractivity contribution is 0.0940. The predicted molar refractivity (Wildman–Crippen MR) is 109 cm³/mol. The zero-order valence-electron chi connectivity index (χ0n) is 16.5. The minimum absolute atomic E-state index is 0.0452. The van der Waals surface area contributed by atoms with Gasteiger partial charge in [-0.15, -0.1) is 0 Å². The lowest BCUT2D eigenvalue weighted by Crippen LogP contribution is -2.32. The van der Waals surface area contributed by atoms with Gasteiger partial charge in [0, 0.05) is 17.0 Å². The number of nitrogens with one attached hydrogen (secondary N) is 2. The van der Waals surface area contributed by atoms with Gasteiger partial charge in [-0.2, -0.15) is 0 Å². The molecule has 0 saturated carbocycles. The molecular weight excluding hydrogens is 356 g/mol. The monoisotopic (exact) mass is 380 g/mol. The molecule has 2 N–H and O–H groups in total. The molecule has 3 rings (SSSR count). The summed E-state index contributed by atoms with van der Waals surface area (Å²) >= 11 is 0. The zero-order chi connectivity index (χ0) is 20.3. The average molecular weight is 380 g/mol. The molecule has 28 heavy (non-hydrogen) atoms. The Bertz CT molecular complexity index is 1020. The van der Waals surface area contributed by atoms with Crippen LogP contribution in [0.1, 0.15) is 46.7 Å². The summed E-state index contributed by atoms with van der Waals surface area (Å²) in [4.78, 5) is 25.4. The number of rotatable bonds is 6. The van der Waals surface area contributed by atoms with Crippen LogP contribution in [0, 0.1) is 6.92 Å². The first-order chi connectivity index (χ1) is 13.4. The number of furan rings is 1. The normalized spacial score (nSPS) is 11.9. The van der Waals surface area contributed by atoms with E-state index in [0.717, 1.165) is 11.8 Å². The van der Waals surface area contributed by atoms with Gasteiger partial charge in [0.15, 0.2) is 5.76 Å². The fourth-order valence-corrected chi connectivity index (χ4v) is 2.92. The third-order valence-corrected chi connectivity index (χ3v) is 4.76. The van der Waals surface area contributed by atoms with Crippen LogP contribution in [-0.2, 0) is 0 Å². The van der Waals surface area contributed by atoms with Gasteiger partial charge in [0.1, 0.15) is 11.3 Å². The third-order valence-electron chi connectivity index (χ3n) is 4.76. The number of hydrogen-bond acceptors (Lipinski definition) is 4. The number of ether oxygens (including phenoxy) is 1. The van der Waals surface area contributed by atoms with Crippen molar-refractivity contribution in [3.63, 3.8) is 0 Å². The van der Waals surface area contributed by atoms with Gasteiger partial charge in [-0.3, -0.25) is 9.59 Å². The van der Waals surface area contributed by atoms with Gasteiger partial charge in [-0.05, 0) is 50.6 Å². The fourth-order valence-electron chi connectivity index (χ4n) is 2.92. The molecule has 0 spiro atoms. The van der Waals surface area contributed by atoms with Crippen LogP contribution in [0.5, 0.6) is 5.75 Å². The molecular formula is C22H24N2O4. The highest BCUT2D eigenvalue weighted by Crippen LogP contribution is 2.29. The first kappa shape index (κ1) is 19.5. The van der Waals surface area contributed by atoms with Gasteiger partial charge in [-0.25, -0.2) is 0 Å². The van der Waals surface area contributed by atoms with E-state index in [2.05, 4.69) is 10.6 Å². The topological polar surface area (TPSA) is 80.6 Å². The Balaban J connectivity index is 1.89. The molecule has 6 nitrogen and oxygen atoms in total. The molecule has 0 aliphatic heterocycles. The van der Waals surface area contributed by atoms with Crippen LogP contribution in [0.15, 0.2) is 46.9 Å². The number of carbonyl (C=O) groups is 2. The van der Waals surface area contributed by atoms with E-state index in [0.29, 0.717) is 28.1 Å². The van der Waals surface area contributed by atoms with Gasteiger partial charge in [0.2, 0.25) is 0 Å². The molecule has 6 heteroatoms. The molecule has 1 atom stereocenters. The largest absolute Gasteiger partial charge is 0.497 e. The van der Waals surface area contributed by atoms with Crippen LogP contribution in [0.25, 0.3) is 11.0 Å². The van der Waals surface area contributed by atoms with Gasteiger partial charge < -0.3 is 19.8 Å². The summed E-state index contributed by atoms with van der Waals surface area (Å²) in [6.45, 7) is 5.75. The number of methoxy groups -OCH3 is 1. The highest BCUT2D eigenvalue weighted by molar-refractivity contribution is 6.10. The summed E-state index contributed by atoms with van der Waals surface area (Å²) in [7, 11) is 1.59. The minimum atomic E-state index is -0.406. The van der Waals surface area contributed by atoms with Gasteiger partial charge >= 0.3 is 0 Å². The second-order valence-corrected chi connectivity index (χ2v) is 6.70. The fraction of sp³-hybridized carbons (Fsp3) is 0.273. The standard InChI is InChI=1S/C22H24N2O4/c1-5-13(2)23-21(25)16-8-6-7-9-18(16)24-22(26)20-14(3)17-12-15(27-4)10-11-19(17)28-20/h6-13H,5H2,1-4H3,(H,23,25)(H,24,26)/t13-/m0/s1. The predicted octanol–water partition coefficient (Wildman–Crippen LogP) is 4.53. The van der Waals surface area contributed by atoms with Crippen molar-refractivity contribution in [3.05, 3.63) is 59.4 Å². The van der Waals surface area contributed by atoms with Crippen molar-refractivity contribution in [1.82, 2.24) is 5.32 Å². The average Bonchev–Trinajstić information content (AvgIpc) is 3.04. The van der Waals surface area contributed by atoms with Crippen LogP contribution < -0.4 is 15.4 Å². The maximum absolute atomic E-state index is 12.8. The van der Waals surface area contributed by atoms with Crippen LogP contribution >= 0.6 is 0 Å². The SMILES string of the molecule is CC[C@H](C)NC(=O)c1ccccc1NC(=O)c1oc2ccc(OC)cc2c1C. The number of anilines is 1. The van der Waals surface area contributed by atoms with E-state index in [9.17, 15) is 9.59 Å². The van der Waals surface area contributed by atoms with Crippen molar-refractivity contribution in [3.8, 4) is 5.75 Å². The highest BCUT2D eigenvalue weighted by Gasteiger charge is 2.20. The second-order valence-electron chi connectivity index (χ2n) is 6.70. The van der Waals surface area contributed by atoms with Crippen molar-refractivity contribution >= 4 is 28.5 Å². The lowest BCUT2D eigenvalue weighted by Gasteiger charge is -2.14. The number of carbonyl (C=O) groups excluding carboxylic acids is 2. The van der Waals surface area contributed by atoms with Crippen molar-refractivity contribution in [2.45, 2.75) is 33.2 Å². The maximum atomic E-state index is 12.8. The molecule has 0 bridgehead atoms. The molecule has 0 aliphatic carbocycles. The minimum Gasteiger partial charge on any atom is -0.497 e. The van der Waals surface area contributed by atoms with Gasteiger partial charge in [0.05, 0.1) is 18.4 Å². The molecule has 0 unspecified atom stereocenters. The Morgan fingerprint density at radius 1 is 1.14 bits per heavy atom. The van der Waals surface area contributed by atoms with E-state index in [-0.39, 0.29) is 17.7 Å². The summed E-state index contributed by atoms with van der Waals surface area (Å²) in [5.74, 6) is 0.267. The van der Waals surface area contributed by atoms with Crippen LogP contribution in [0.2, 0.25) is 0 Å². The zero-order valence-corrected chi connectivity index (χ0v) is 16.5. The van der Waals surface area contributed by atoms with Crippen molar-refractivity contribution in [1.29, 1.82) is 0 Å². The summed E-state index contributed by atoms with van der Waals surface area (Å²) in [5, 5.41) is 6.53. The first-order valence-corrected chi connectivity index (χ1v) is 9.23. The molecule has 2 amide bonds. The smallest absolute Gasteiger partial charge is 0.291 e. The molecule has 3 aromatic rings. The summed E-state index contributed by atoms with van der Waals surface area (Å²) < 4.78 is 11.0.